The van der Waals surface area contributed by atoms with Crippen LogP contribution in [0.15, 0.2) is 0 Å². The number of quaternary nitrogens is 1. The summed E-state index contributed by atoms with van der Waals surface area (Å²) in [6, 6.07) is 1.31. The molecule has 0 aliphatic carbocycles. The number of amides is 1. The standard InChI is InChI=1S/C22H40N4O5S/c1-18-4-3-5-19(2)26(18)15-10-23-21(27)20-6-11-24(12-7-20)32(28,29)25-13-8-22(9-14-25)30-16-17-31-22/h18-20H,3-17H2,1-2H3,(H,23,27)/p+1. The predicted octanol–water partition coefficient (Wildman–Crippen LogP) is -0.256. The van der Waals surface area contributed by atoms with Gasteiger partial charge in [0.05, 0.1) is 38.4 Å². The summed E-state index contributed by atoms with van der Waals surface area (Å²) >= 11 is 0. The summed E-state index contributed by atoms with van der Waals surface area (Å²) in [6.45, 7) is 9.07. The lowest BCUT2D eigenvalue weighted by molar-refractivity contribution is -0.950. The van der Waals surface area contributed by atoms with Crippen LogP contribution in [0.5, 0.6) is 0 Å². The average molecular weight is 474 g/mol. The van der Waals surface area contributed by atoms with Crippen molar-refractivity contribution in [3.8, 4) is 0 Å². The summed E-state index contributed by atoms with van der Waals surface area (Å²) in [4.78, 5) is 14.3. The lowest BCUT2D eigenvalue weighted by atomic mass is 9.97. The van der Waals surface area contributed by atoms with Gasteiger partial charge in [0.1, 0.15) is 0 Å². The molecule has 0 aromatic rings. The molecule has 4 rings (SSSR count). The first-order valence-electron chi connectivity index (χ1n) is 12.5. The molecule has 2 atom stereocenters. The minimum Gasteiger partial charge on any atom is -0.350 e. The number of rotatable bonds is 6. The maximum atomic E-state index is 13.1. The second kappa shape index (κ2) is 10.2. The zero-order chi connectivity index (χ0) is 22.8. The SMILES string of the molecule is CC1CCCC(C)[NH+]1CCNC(=O)C1CCN(S(=O)(=O)N2CCC3(CC2)OCCO3)CC1. The largest absolute Gasteiger partial charge is 0.350 e. The molecule has 184 valence electrons. The Kier molecular flexibility index (Phi) is 7.78. The van der Waals surface area contributed by atoms with Crippen LogP contribution in [0.25, 0.3) is 0 Å². The third-order valence-electron chi connectivity index (χ3n) is 8.03. The van der Waals surface area contributed by atoms with Crippen LogP contribution in [0.3, 0.4) is 0 Å². The molecule has 1 spiro atoms. The Balaban J connectivity index is 1.20. The number of hydrogen-bond donors (Lipinski definition) is 2. The fraction of sp³-hybridized carbons (Fsp3) is 0.955. The zero-order valence-electron chi connectivity index (χ0n) is 19.7. The normalized spacial score (nSPS) is 32.9. The van der Waals surface area contributed by atoms with E-state index in [1.165, 1.54) is 19.3 Å². The lowest BCUT2D eigenvalue weighted by Crippen LogP contribution is -3.19. The summed E-state index contributed by atoms with van der Waals surface area (Å²) in [7, 11) is -3.50. The quantitative estimate of drug-likeness (QED) is 0.555. The van der Waals surface area contributed by atoms with E-state index in [9.17, 15) is 13.2 Å². The number of piperidine rings is 3. The van der Waals surface area contributed by atoms with Crippen molar-refractivity contribution in [1.82, 2.24) is 13.9 Å². The first kappa shape index (κ1) is 24.3. The second-order valence-electron chi connectivity index (χ2n) is 10.0. The van der Waals surface area contributed by atoms with Gasteiger partial charge in [-0.3, -0.25) is 4.79 Å². The van der Waals surface area contributed by atoms with Gasteiger partial charge in [-0.25, -0.2) is 0 Å². The van der Waals surface area contributed by atoms with Crippen LogP contribution in [0, 0.1) is 5.92 Å². The number of hydrogen-bond acceptors (Lipinski definition) is 5. The van der Waals surface area contributed by atoms with Gasteiger partial charge in [0.2, 0.25) is 5.91 Å². The number of ether oxygens (including phenoxy) is 2. The molecular weight excluding hydrogens is 432 g/mol. The van der Waals surface area contributed by atoms with E-state index in [1.54, 1.807) is 13.5 Å². The van der Waals surface area contributed by atoms with E-state index in [4.69, 9.17) is 9.47 Å². The number of carbonyl (C=O) groups is 1. The first-order chi connectivity index (χ1) is 15.3. The second-order valence-corrected chi connectivity index (χ2v) is 12.0. The smallest absolute Gasteiger partial charge is 0.281 e. The van der Waals surface area contributed by atoms with Crippen molar-refractivity contribution >= 4 is 16.1 Å². The molecule has 9 nitrogen and oxygen atoms in total. The Bertz CT molecular complexity index is 729. The fourth-order valence-corrected chi connectivity index (χ4v) is 7.55. The molecule has 0 radical (unpaired) electrons. The van der Waals surface area contributed by atoms with Gasteiger partial charge in [0, 0.05) is 44.9 Å². The van der Waals surface area contributed by atoms with E-state index >= 15 is 0 Å². The van der Waals surface area contributed by atoms with E-state index < -0.39 is 16.0 Å². The first-order valence-corrected chi connectivity index (χ1v) is 13.9. The van der Waals surface area contributed by atoms with Gasteiger partial charge in [0.15, 0.2) is 5.79 Å². The van der Waals surface area contributed by atoms with Crippen molar-refractivity contribution in [3.63, 3.8) is 0 Å². The molecule has 4 heterocycles. The Labute approximate surface area is 192 Å². The van der Waals surface area contributed by atoms with Crippen LogP contribution in [-0.4, -0.2) is 93.3 Å². The van der Waals surface area contributed by atoms with Gasteiger partial charge in [-0.2, -0.15) is 17.0 Å². The Morgan fingerprint density at radius 2 is 1.53 bits per heavy atom. The summed E-state index contributed by atoms with van der Waals surface area (Å²) in [6.07, 6.45) is 6.14. The van der Waals surface area contributed by atoms with E-state index in [1.807, 2.05) is 0 Å². The maximum absolute atomic E-state index is 13.1. The monoisotopic (exact) mass is 473 g/mol. The molecule has 4 aliphatic heterocycles. The average Bonchev–Trinajstić information content (AvgIpc) is 3.24. The Hall–Kier alpha value is -0.780. The molecule has 1 amide bonds. The lowest BCUT2D eigenvalue weighted by Gasteiger charge is -2.40. The molecule has 0 aromatic carbocycles. The summed E-state index contributed by atoms with van der Waals surface area (Å²) in [5.74, 6) is -0.602. The van der Waals surface area contributed by atoms with Gasteiger partial charge in [-0.05, 0) is 46.0 Å². The van der Waals surface area contributed by atoms with Crippen molar-refractivity contribution in [1.29, 1.82) is 0 Å². The molecular formula is C22H41N4O5S+. The highest BCUT2D eigenvalue weighted by Crippen LogP contribution is 2.33. The van der Waals surface area contributed by atoms with E-state index in [2.05, 4.69) is 19.2 Å². The molecule has 2 N–H and O–H groups in total. The van der Waals surface area contributed by atoms with E-state index in [-0.39, 0.29) is 11.8 Å². The van der Waals surface area contributed by atoms with Crippen LogP contribution in [0.1, 0.15) is 58.8 Å². The summed E-state index contributed by atoms with van der Waals surface area (Å²) in [5, 5.41) is 3.12. The van der Waals surface area contributed by atoms with Crippen LogP contribution in [0.2, 0.25) is 0 Å². The fourth-order valence-electron chi connectivity index (χ4n) is 5.91. The number of nitrogens with zero attached hydrogens (tertiary/aromatic N) is 2. The third kappa shape index (κ3) is 5.31. The maximum Gasteiger partial charge on any atom is 0.281 e. The van der Waals surface area contributed by atoms with Crippen molar-refractivity contribution in [3.05, 3.63) is 0 Å². The van der Waals surface area contributed by atoms with Crippen molar-refractivity contribution in [2.24, 2.45) is 5.92 Å². The molecule has 0 saturated carbocycles. The molecule has 4 fully saturated rings. The molecule has 0 aromatic heterocycles. The molecule has 32 heavy (non-hydrogen) atoms. The molecule has 4 saturated heterocycles. The third-order valence-corrected chi connectivity index (χ3v) is 10.1. The van der Waals surface area contributed by atoms with Crippen LogP contribution in [-0.2, 0) is 24.5 Å². The van der Waals surface area contributed by atoms with Crippen LogP contribution in [0.4, 0.5) is 0 Å². The molecule has 2 unspecified atom stereocenters. The highest BCUT2D eigenvalue weighted by Gasteiger charge is 2.44. The topological polar surface area (TPSA) is 92.6 Å². The van der Waals surface area contributed by atoms with Crippen molar-refractivity contribution in [2.75, 3.05) is 52.5 Å². The Morgan fingerprint density at radius 3 is 2.12 bits per heavy atom. The highest BCUT2D eigenvalue weighted by atomic mass is 32.2. The van der Waals surface area contributed by atoms with Crippen molar-refractivity contribution < 1.29 is 27.6 Å². The minimum absolute atomic E-state index is 0.0780. The van der Waals surface area contributed by atoms with Crippen LogP contribution < -0.4 is 10.2 Å². The Morgan fingerprint density at radius 1 is 0.969 bits per heavy atom. The van der Waals surface area contributed by atoms with Gasteiger partial charge in [-0.15, -0.1) is 0 Å². The van der Waals surface area contributed by atoms with E-state index in [0.29, 0.717) is 83.7 Å². The molecule has 0 bridgehead atoms. The zero-order valence-corrected chi connectivity index (χ0v) is 20.5. The van der Waals surface area contributed by atoms with Gasteiger partial charge >= 0.3 is 0 Å². The van der Waals surface area contributed by atoms with E-state index in [0.717, 1.165) is 6.54 Å². The minimum atomic E-state index is -3.50. The van der Waals surface area contributed by atoms with Crippen LogP contribution >= 0.6 is 0 Å². The van der Waals surface area contributed by atoms with Gasteiger partial charge < -0.3 is 19.7 Å². The number of carbonyl (C=O) groups excluding carboxylic acids is 1. The highest BCUT2D eigenvalue weighted by molar-refractivity contribution is 7.86. The van der Waals surface area contributed by atoms with Gasteiger partial charge in [0.25, 0.3) is 10.2 Å². The molecule has 10 heteroatoms. The van der Waals surface area contributed by atoms with Crippen molar-refractivity contribution in [2.45, 2.75) is 76.7 Å². The summed E-state index contributed by atoms with van der Waals surface area (Å²) in [5.41, 5.74) is 0. The number of likely N-dealkylation sites (tertiary alicyclic amines) is 1. The predicted molar refractivity (Wildman–Crippen MR) is 120 cm³/mol. The molecule has 4 aliphatic rings. The number of nitrogens with one attached hydrogen (secondary N) is 2. The van der Waals surface area contributed by atoms with Gasteiger partial charge in [-0.1, -0.05) is 0 Å². The summed E-state index contributed by atoms with van der Waals surface area (Å²) < 4.78 is 40.7.